The first-order chi connectivity index (χ1) is 10.3. The average Bonchev–Trinajstić information content (AvgIpc) is 2.70. The van der Waals surface area contributed by atoms with Crippen molar-refractivity contribution in [1.29, 1.82) is 0 Å². The summed E-state index contributed by atoms with van der Waals surface area (Å²) < 4.78 is 5.41. The highest BCUT2D eigenvalue weighted by atomic mass is 16.5. The Kier molecular flexibility index (Phi) is 2.93. The Morgan fingerprint density at radius 3 is 2.64 bits per heavy atom. The van der Waals surface area contributed by atoms with Crippen LogP contribution in [0.2, 0.25) is 0 Å². The molecule has 1 heterocycles. The maximum absolute atomic E-state index is 11.6. The van der Waals surface area contributed by atoms with Gasteiger partial charge < -0.3 is 9.84 Å². The molecule has 1 aliphatic heterocycles. The van der Waals surface area contributed by atoms with E-state index in [2.05, 4.69) is 13.8 Å². The van der Waals surface area contributed by atoms with Gasteiger partial charge in [-0.2, -0.15) is 0 Å². The van der Waals surface area contributed by atoms with E-state index < -0.39 is 5.60 Å². The topological polar surface area (TPSA) is 46.5 Å². The van der Waals surface area contributed by atoms with Gasteiger partial charge in [0.15, 0.2) is 0 Å². The third kappa shape index (κ3) is 1.69. The van der Waals surface area contributed by atoms with E-state index in [4.69, 9.17) is 4.74 Å². The van der Waals surface area contributed by atoms with Gasteiger partial charge in [0, 0.05) is 11.5 Å². The van der Waals surface area contributed by atoms with E-state index in [0.717, 1.165) is 32.1 Å². The van der Waals surface area contributed by atoms with E-state index in [-0.39, 0.29) is 16.8 Å². The van der Waals surface area contributed by atoms with Crippen molar-refractivity contribution in [3.05, 3.63) is 11.6 Å². The molecule has 3 fully saturated rings. The Hall–Kier alpha value is -0.830. The minimum atomic E-state index is -0.515. The summed E-state index contributed by atoms with van der Waals surface area (Å²) in [6.45, 7) is 7.22. The molecule has 0 unspecified atom stereocenters. The van der Waals surface area contributed by atoms with Crippen molar-refractivity contribution in [3.8, 4) is 0 Å². The van der Waals surface area contributed by atoms with Crippen LogP contribution in [0.4, 0.5) is 0 Å². The molecule has 4 aliphatic rings. The van der Waals surface area contributed by atoms with Crippen LogP contribution >= 0.6 is 0 Å². The standard InChI is InChI=1S/C19H28O3/c1-17-11-22-16(20)10-12(17)4-5-13-14(17)6-8-18(2)15(13)7-9-19(18,3)21/h10,13-15,21H,4-9,11H2,1-3H3/t13-,14+,15+,17+,18+,19+/m1/s1. The SMILES string of the molecule is C[C@]12COC(=O)C=C1CC[C@@H]1[C@@H]2CC[C@@]2(C)[C@H]1CC[C@]2(C)O. The zero-order valence-electron chi connectivity index (χ0n) is 14.0. The fourth-order valence-electron chi connectivity index (χ4n) is 6.41. The number of aliphatic hydroxyl groups is 1. The number of ether oxygens (including phenoxy) is 1. The molecular weight excluding hydrogens is 276 g/mol. The summed E-state index contributed by atoms with van der Waals surface area (Å²) >= 11 is 0. The summed E-state index contributed by atoms with van der Waals surface area (Å²) in [5.41, 5.74) is 0.904. The van der Waals surface area contributed by atoms with Crippen LogP contribution < -0.4 is 0 Å². The third-order valence-corrected chi connectivity index (χ3v) is 8.10. The lowest BCUT2D eigenvalue weighted by molar-refractivity contribution is -0.152. The van der Waals surface area contributed by atoms with Gasteiger partial charge in [-0.1, -0.05) is 19.4 Å². The number of hydrogen-bond acceptors (Lipinski definition) is 3. The van der Waals surface area contributed by atoms with Crippen LogP contribution in [0, 0.1) is 28.6 Å². The van der Waals surface area contributed by atoms with Crippen molar-refractivity contribution in [2.75, 3.05) is 6.61 Å². The molecule has 0 radical (unpaired) electrons. The fourth-order valence-corrected chi connectivity index (χ4v) is 6.41. The number of carbonyl (C=O) groups is 1. The summed E-state index contributed by atoms with van der Waals surface area (Å²) in [5, 5.41) is 10.9. The van der Waals surface area contributed by atoms with Gasteiger partial charge in [0.25, 0.3) is 0 Å². The zero-order valence-corrected chi connectivity index (χ0v) is 14.0. The highest BCUT2D eigenvalue weighted by Crippen LogP contribution is 2.66. The van der Waals surface area contributed by atoms with Crippen LogP contribution in [0.3, 0.4) is 0 Å². The molecule has 4 rings (SSSR count). The smallest absolute Gasteiger partial charge is 0.330 e. The van der Waals surface area contributed by atoms with Crippen molar-refractivity contribution in [2.24, 2.45) is 28.6 Å². The van der Waals surface area contributed by atoms with Gasteiger partial charge >= 0.3 is 5.97 Å². The molecule has 0 bridgehead atoms. The van der Waals surface area contributed by atoms with Gasteiger partial charge in [-0.15, -0.1) is 0 Å². The van der Waals surface area contributed by atoms with Crippen LogP contribution in [0.25, 0.3) is 0 Å². The molecule has 3 heteroatoms. The number of hydrogen-bond donors (Lipinski definition) is 1. The molecule has 0 aromatic rings. The molecule has 0 aromatic carbocycles. The van der Waals surface area contributed by atoms with Gasteiger partial charge in [0.05, 0.1) is 5.60 Å². The quantitative estimate of drug-likeness (QED) is 0.697. The lowest BCUT2D eigenvalue weighted by atomic mass is 9.48. The van der Waals surface area contributed by atoms with E-state index in [9.17, 15) is 9.90 Å². The van der Waals surface area contributed by atoms with Crippen LogP contribution in [0.1, 0.15) is 59.3 Å². The first kappa shape index (κ1) is 14.7. The van der Waals surface area contributed by atoms with E-state index in [1.165, 1.54) is 12.0 Å². The van der Waals surface area contributed by atoms with Crippen LogP contribution in [0.5, 0.6) is 0 Å². The largest absolute Gasteiger partial charge is 0.462 e. The highest BCUT2D eigenvalue weighted by molar-refractivity contribution is 5.84. The number of cyclic esters (lactones) is 1. The summed E-state index contributed by atoms with van der Waals surface area (Å²) in [5.74, 6) is 1.74. The number of carbonyl (C=O) groups excluding carboxylic acids is 1. The highest BCUT2D eigenvalue weighted by Gasteiger charge is 2.62. The lowest BCUT2D eigenvalue weighted by Gasteiger charge is -2.58. The summed E-state index contributed by atoms with van der Waals surface area (Å²) in [6.07, 6.45) is 8.31. The van der Waals surface area contributed by atoms with Gasteiger partial charge in [-0.3, -0.25) is 0 Å². The Balaban J connectivity index is 1.70. The Morgan fingerprint density at radius 1 is 1.14 bits per heavy atom. The Labute approximate surface area is 133 Å². The predicted molar refractivity (Wildman–Crippen MR) is 84.1 cm³/mol. The van der Waals surface area contributed by atoms with Crippen molar-refractivity contribution in [1.82, 2.24) is 0 Å². The second-order valence-electron chi connectivity index (χ2n) is 8.88. The van der Waals surface area contributed by atoms with Crippen LogP contribution in [-0.2, 0) is 9.53 Å². The van der Waals surface area contributed by atoms with Crippen molar-refractivity contribution in [3.63, 3.8) is 0 Å². The van der Waals surface area contributed by atoms with Gasteiger partial charge in [-0.05, 0) is 68.6 Å². The first-order valence-corrected chi connectivity index (χ1v) is 8.88. The molecule has 3 saturated carbocycles. The summed E-state index contributed by atoms with van der Waals surface area (Å²) in [7, 11) is 0. The summed E-state index contributed by atoms with van der Waals surface area (Å²) in [4.78, 5) is 11.6. The molecule has 122 valence electrons. The second kappa shape index (κ2) is 4.37. The third-order valence-electron chi connectivity index (χ3n) is 8.10. The van der Waals surface area contributed by atoms with Crippen LogP contribution in [0.15, 0.2) is 11.6 Å². The zero-order chi connectivity index (χ0) is 15.8. The van der Waals surface area contributed by atoms with E-state index in [1.54, 1.807) is 6.08 Å². The molecular formula is C19H28O3. The predicted octanol–water partition coefficient (Wildman–Crippen LogP) is 3.46. The molecule has 0 aromatic heterocycles. The number of fused-ring (bicyclic) bond motifs is 5. The van der Waals surface area contributed by atoms with Crippen molar-refractivity contribution in [2.45, 2.75) is 64.9 Å². The van der Waals surface area contributed by atoms with Crippen LogP contribution in [-0.4, -0.2) is 23.3 Å². The molecule has 0 spiro atoms. The Morgan fingerprint density at radius 2 is 1.86 bits per heavy atom. The first-order valence-electron chi connectivity index (χ1n) is 8.88. The molecule has 0 amide bonds. The molecule has 3 aliphatic carbocycles. The van der Waals surface area contributed by atoms with E-state index in [1.807, 2.05) is 6.92 Å². The monoisotopic (exact) mass is 304 g/mol. The Bertz CT molecular complexity index is 549. The van der Waals surface area contributed by atoms with E-state index in [0.29, 0.717) is 24.4 Å². The normalized spacial score (nSPS) is 53.9. The van der Waals surface area contributed by atoms with Gasteiger partial charge in [-0.25, -0.2) is 4.79 Å². The molecule has 22 heavy (non-hydrogen) atoms. The minimum absolute atomic E-state index is 0.0343. The van der Waals surface area contributed by atoms with Crippen molar-refractivity contribution < 1.29 is 14.6 Å². The van der Waals surface area contributed by atoms with Gasteiger partial charge in [0.1, 0.15) is 6.61 Å². The number of rotatable bonds is 0. The molecule has 1 N–H and O–H groups in total. The minimum Gasteiger partial charge on any atom is -0.462 e. The lowest BCUT2D eigenvalue weighted by Crippen LogP contribution is -2.55. The maximum atomic E-state index is 11.6. The van der Waals surface area contributed by atoms with Crippen molar-refractivity contribution >= 4 is 5.97 Å². The van der Waals surface area contributed by atoms with Gasteiger partial charge in [0.2, 0.25) is 0 Å². The molecule has 6 atom stereocenters. The van der Waals surface area contributed by atoms with E-state index >= 15 is 0 Å². The molecule has 3 nitrogen and oxygen atoms in total. The second-order valence-corrected chi connectivity index (χ2v) is 8.88. The number of esters is 1. The summed E-state index contributed by atoms with van der Waals surface area (Å²) in [6, 6.07) is 0. The maximum Gasteiger partial charge on any atom is 0.330 e. The fraction of sp³-hybridized carbons (Fsp3) is 0.842. The average molecular weight is 304 g/mol. The molecule has 0 saturated heterocycles.